The van der Waals surface area contributed by atoms with Crippen molar-refractivity contribution in [3.63, 3.8) is 0 Å². The first-order chi connectivity index (χ1) is 17.9. The van der Waals surface area contributed by atoms with Crippen LogP contribution in [0.2, 0.25) is 0 Å². The van der Waals surface area contributed by atoms with Gasteiger partial charge in [-0.3, -0.25) is 10.1 Å². The standard InChI is InChI=1S/C27H29NO9/c1-12-10-14-18(19(30)17-13(20(14)31-2)6-4-7-15(17)29)21-16(12)22-23-26(32-3,35-21)25(11-28-25)27(36-22,37-23)24-33-8-5-9-34-24/h10,22-24,28,30H,4-9,11H2,1-3H3. The first-order valence-corrected chi connectivity index (χ1v) is 12.9. The molecule has 0 saturated carbocycles. The maximum atomic E-state index is 13.0. The van der Waals surface area contributed by atoms with Crippen molar-refractivity contribution in [2.75, 3.05) is 34.0 Å². The van der Waals surface area contributed by atoms with E-state index in [-0.39, 0.29) is 11.5 Å². The van der Waals surface area contributed by atoms with Crippen LogP contribution in [-0.4, -0.2) is 74.4 Å². The fraction of sp³-hybridized carbons (Fsp3) is 0.593. The zero-order chi connectivity index (χ0) is 25.3. The van der Waals surface area contributed by atoms with E-state index in [9.17, 15) is 9.90 Å². The van der Waals surface area contributed by atoms with Crippen LogP contribution < -0.4 is 14.8 Å². The number of aromatic hydroxyl groups is 1. The lowest BCUT2D eigenvalue weighted by atomic mass is 9.77. The van der Waals surface area contributed by atoms with Crippen molar-refractivity contribution < 1.29 is 43.1 Å². The minimum absolute atomic E-state index is 0.0855. The molecule has 5 heterocycles. The summed E-state index contributed by atoms with van der Waals surface area (Å²) in [6.45, 7) is 3.57. The van der Waals surface area contributed by atoms with E-state index in [4.69, 9.17) is 33.2 Å². The highest BCUT2D eigenvalue weighted by atomic mass is 16.9. The molecule has 196 valence electrons. The Morgan fingerprint density at radius 1 is 1.14 bits per heavy atom. The third kappa shape index (κ3) is 2.37. The van der Waals surface area contributed by atoms with Gasteiger partial charge in [0.2, 0.25) is 12.1 Å². The second-order valence-corrected chi connectivity index (χ2v) is 10.8. The van der Waals surface area contributed by atoms with Crippen molar-refractivity contribution in [2.45, 2.75) is 68.2 Å². The maximum absolute atomic E-state index is 13.0. The summed E-state index contributed by atoms with van der Waals surface area (Å²) in [4.78, 5) is 13.0. The van der Waals surface area contributed by atoms with E-state index in [0.29, 0.717) is 60.4 Å². The summed E-state index contributed by atoms with van der Waals surface area (Å²) < 4.78 is 44.3. The number of Topliss-reactive ketones (excluding diaryl/α,β-unsaturated/α-hetero) is 1. The van der Waals surface area contributed by atoms with Crippen molar-refractivity contribution in [3.05, 3.63) is 28.3 Å². The number of fused-ring (bicyclic) bond motifs is 8. The van der Waals surface area contributed by atoms with Crippen LogP contribution in [0, 0.1) is 6.92 Å². The minimum atomic E-state index is -1.27. The van der Waals surface area contributed by atoms with Gasteiger partial charge in [-0.05, 0) is 37.8 Å². The van der Waals surface area contributed by atoms with Crippen LogP contribution in [0.15, 0.2) is 6.07 Å². The molecule has 2 N–H and O–H groups in total. The number of hydrogen-bond acceptors (Lipinski definition) is 10. The van der Waals surface area contributed by atoms with Crippen molar-refractivity contribution in [1.82, 2.24) is 5.32 Å². The molecule has 1 spiro atoms. The van der Waals surface area contributed by atoms with E-state index < -0.39 is 35.6 Å². The quantitative estimate of drug-likeness (QED) is 0.594. The van der Waals surface area contributed by atoms with Crippen LogP contribution in [0.3, 0.4) is 0 Å². The fourth-order valence-electron chi connectivity index (χ4n) is 7.48. The highest BCUT2D eigenvalue weighted by Crippen LogP contribution is 2.70. The largest absolute Gasteiger partial charge is 0.506 e. The Labute approximate surface area is 213 Å². The van der Waals surface area contributed by atoms with Crippen LogP contribution >= 0.6 is 0 Å². The molecule has 4 fully saturated rings. The number of aryl methyl sites for hydroxylation is 1. The maximum Gasteiger partial charge on any atom is 0.265 e. The molecule has 10 heteroatoms. The zero-order valence-corrected chi connectivity index (χ0v) is 21.0. The van der Waals surface area contributed by atoms with E-state index in [1.807, 2.05) is 13.0 Å². The van der Waals surface area contributed by atoms with Gasteiger partial charge in [0.15, 0.2) is 17.4 Å². The van der Waals surface area contributed by atoms with E-state index in [1.165, 1.54) is 0 Å². The third-order valence-corrected chi connectivity index (χ3v) is 9.09. The molecule has 37 heavy (non-hydrogen) atoms. The summed E-state index contributed by atoms with van der Waals surface area (Å²) in [5.41, 5.74) is 1.82. The molecule has 2 bridgehead atoms. The lowest BCUT2D eigenvalue weighted by Crippen LogP contribution is -2.71. The summed E-state index contributed by atoms with van der Waals surface area (Å²) in [5, 5.41) is 16.1. The van der Waals surface area contributed by atoms with Crippen molar-refractivity contribution in [3.8, 4) is 17.2 Å². The highest BCUT2D eigenvalue weighted by Gasteiger charge is 2.91. The number of phenols is 1. The third-order valence-electron chi connectivity index (χ3n) is 9.09. The monoisotopic (exact) mass is 511 g/mol. The number of methoxy groups -OCH3 is 2. The smallest absolute Gasteiger partial charge is 0.265 e. The summed E-state index contributed by atoms with van der Waals surface area (Å²) >= 11 is 0. The molecule has 1 aliphatic carbocycles. The predicted octanol–water partition coefficient (Wildman–Crippen LogP) is 2.39. The second-order valence-electron chi connectivity index (χ2n) is 10.8. The van der Waals surface area contributed by atoms with Gasteiger partial charge in [0, 0.05) is 36.6 Å². The molecule has 10 nitrogen and oxygen atoms in total. The van der Waals surface area contributed by atoms with Crippen molar-refractivity contribution in [1.29, 1.82) is 0 Å². The Balaban J connectivity index is 1.40. The SMILES string of the molecule is COc1c2c(c(O)c3c4c(c(C)cc13)C1OC3(C5OCCCO5)OC1C(OC)(O4)C31CN1)C(=O)CCC2. The predicted molar refractivity (Wildman–Crippen MR) is 127 cm³/mol. The minimum Gasteiger partial charge on any atom is -0.506 e. The van der Waals surface area contributed by atoms with Gasteiger partial charge in [0.25, 0.3) is 5.79 Å². The Morgan fingerprint density at radius 2 is 1.92 bits per heavy atom. The average molecular weight is 512 g/mol. The van der Waals surface area contributed by atoms with Gasteiger partial charge in [-0.15, -0.1) is 0 Å². The fourth-order valence-corrected chi connectivity index (χ4v) is 7.48. The number of benzene rings is 2. The molecule has 6 aliphatic rings. The molecule has 0 amide bonds. The van der Waals surface area contributed by atoms with Gasteiger partial charge in [-0.2, -0.15) is 0 Å². The average Bonchev–Trinajstić information content (AvgIpc) is 3.56. The van der Waals surface area contributed by atoms with Crippen molar-refractivity contribution in [2.24, 2.45) is 0 Å². The Hall–Kier alpha value is -2.47. The lowest BCUT2D eigenvalue weighted by molar-refractivity contribution is -0.352. The molecule has 0 radical (unpaired) electrons. The van der Waals surface area contributed by atoms with Crippen LogP contribution in [0.1, 0.15) is 52.4 Å². The van der Waals surface area contributed by atoms with Gasteiger partial charge in [-0.25, -0.2) is 0 Å². The molecule has 5 unspecified atom stereocenters. The number of hydrogen-bond donors (Lipinski definition) is 2. The van der Waals surface area contributed by atoms with Crippen LogP contribution in [-0.2, 0) is 30.1 Å². The van der Waals surface area contributed by atoms with E-state index in [0.717, 1.165) is 29.5 Å². The summed E-state index contributed by atoms with van der Waals surface area (Å²) in [7, 11) is 3.18. The first kappa shape index (κ1) is 22.5. The van der Waals surface area contributed by atoms with Gasteiger partial charge in [0.1, 0.15) is 23.4 Å². The molecule has 5 aliphatic heterocycles. The van der Waals surface area contributed by atoms with Crippen LogP contribution in [0.5, 0.6) is 17.2 Å². The number of ketones is 1. The van der Waals surface area contributed by atoms with E-state index in [2.05, 4.69) is 5.32 Å². The first-order valence-electron chi connectivity index (χ1n) is 12.9. The van der Waals surface area contributed by atoms with E-state index >= 15 is 0 Å². The second kappa shape index (κ2) is 7.13. The summed E-state index contributed by atoms with van der Waals surface area (Å²) in [6, 6.07) is 1.97. The van der Waals surface area contributed by atoms with Gasteiger partial charge < -0.3 is 38.3 Å². The topological polar surface area (TPSA) is 124 Å². The molecule has 4 saturated heterocycles. The molecule has 2 aromatic carbocycles. The molecule has 8 rings (SSSR count). The van der Waals surface area contributed by atoms with Gasteiger partial charge >= 0.3 is 0 Å². The van der Waals surface area contributed by atoms with Crippen LogP contribution in [0.25, 0.3) is 10.8 Å². The zero-order valence-electron chi connectivity index (χ0n) is 21.0. The lowest BCUT2D eigenvalue weighted by Gasteiger charge is -2.50. The number of carbonyl (C=O) groups excluding carboxylic acids is 1. The molecule has 5 atom stereocenters. The number of ether oxygens (including phenoxy) is 7. The van der Waals surface area contributed by atoms with Gasteiger partial charge in [-0.1, -0.05) is 0 Å². The molecular formula is C27H29NO9. The Bertz CT molecular complexity index is 1380. The summed E-state index contributed by atoms with van der Waals surface area (Å²) in [6.07, 6.45) is 0.641. The number of rotatable bonds is 3. The van der Waals surface area contributed by atoms with Crippen LogP contribution in [0.4, 0.5) is 0 Å². The number of nitrogens with one attached hydrogen (secondary N) is 1. The van der Waals surface area contributed by atoms with Gasteiger partial charge in [0.05, 0.1) is 31.3 Å². The Kier molecular flexibility index (Phi) is 4.34. The summed E-state index contributed by atoms with van der Waals surface area (Å²) in [5.74, 6) is -1.70. The normalized spacial score (nSPS) is 37.5. The molecular weight excluding hydrogens is 482 g/mol. The number of carbonyl (C=O) groups is 1. The molecule has 0 aromatic heterocycles. The molecule has 2 aromatic rings. The highest BCUT2D eigenvalue weighted by molar-refractivity contribution is 6.11. The van der Waals surface area contributed by atoms with Crippen molar-refractivity contribution >= 4 is 16.6 Å². The number of phenolic OH excluding ortho intramolecular Hbond substituents is 1. The Morgan fingerprint density at radius 3 is 2.62 bits per heavy atom. The van der Waals surface area contributed by atoms with E-state index in [1.54, 1.807) is 14.2 Å².